The molecule has 82 valence electrons. The smallest absolute Gasteiger partial charge is 0.340 e. The number of benzene rings is 1. The first kappa shape index (κ1) is 11.4. The highest BCUT2D eigenvalue weighted by Crippen LogP contribution is 2.25. The van der Waals surface area contributed by atoms with E-state index in [1.807, 2.05) is 25.1 Å². The summed E-state index contributed by atoms with van der Waals surface area (Å²) in [5.41, 5.74) is 7.57. The molecular formula is C11H16N2O2. The predicted molar refractivity (Wildman–Crippen MR) is 61.1 cm³/mol. The summed E-state index contributed by atoms with van der Waals surface area (Å²) >= 11 is 0. The van der Waals surface area contributed by atoms with Crippen molar-refractivity contribution in [3.8, 4) is 0 Å². The Kier molecular flexibility index (Phi) is 3.55. The Morgan fingerprint density at radius 2 is 2.13 bits per heavy atom. The molecule has 0 amide bonds. The number of rotatable bonds is 3. The van der Waals surface area contributed by atoms with Gasteiger partial charge in [0.05, 0.1) is 23.5 Å². The van der Waals surface area contributed by atoms with Gasteiger partial charge in [-0.3, -0.25) is 0 Å². The summed E-state index contributed by atoms with van der Waals surface area (Å²) in [6, 6.07) is 5.32. The Bertz CT molecular complexity index is 362. The first-order chi connectivity index (χ1) is 7.07. The first-order valence-electron chi connectivity index (χ1n) is 4.80. The molecule has 0 aliphatic rings. The molecule has 1 rings (SSSR count). The number of ether oxygens (including phenoxy) is 1. The molecule has 0 radical (unpaired) electrons. The molecule has 2 N–H and O–H groups in total. The Balaban J connectivity index is 3.09. The zero-order valence-electron chi connectivity index (χ0n) is 9.28. The van der Waals surface area contributed by atoms with Crippen molar-refractivity contribution in [1.82, 2.24) is 0 Å². The summed E-state index contributed by atoms with van der Waals surface area (Å²) in [7, 11) is 3.75. The van der Waals surface area contributed by atoms with Crippen LogP contribution < -0.4 is 10.6 Å². The Hall–Kier alpha value is -1.71. The summed E-state index contributed by atoms with van der Waals surface area (Å²) < 4.78 is 4.91. The average Bonchev–Trinajstić information content (AvgIpc) is 2.17. The molecule has 0 spiro atoms. The summed E-state index contributed by atoms with van der Waals surface area (Å²) in [4.78, 5) is 13.4. The van der Waals surface area contributed by atoms with Crippen LogP contribution >= 0.6 is 0 Å². The third-order valence-electron chi connectivity index (χ3n) is 2.06. The number of nitrogens with two attached hydrogens (primary N) is 1. The molecule has 4 heteroatoms. The molecule has 0 fully saturated rings. The van der Waals surface area contributed by atoms with E-state index in [0.717, 1.165) is 5.69 Å². The van der Waals surface area contributed by atoms with Crippen molar-refractivity contribution in [2.75, 3.05) is 31.3 Å². The molecule has 0 atom stereocenters. The Labute approximate surface area is 89.6 Å². The molecule has 0 heterocycles. The van der Waals surface area contributed by atoms with Gasteiger partial charge in [0.2, 0.25) is 0 Å². The van der Waals surface area contributed by atoms with Crippen molar-refractivity contribution >= 4 is 17.3 Å². The minimum Gasteiger partial charge on any atom is -0.462 e. The highest BCUT2D eigenvalue weighted by molar-refractivity contribution is 5.98. The molecular weight excluding hydrogens is 192 g/mol. The number of hydrogen-bond donors (Lipinski definition) is 1. The molecule has 0 bridgehead atoms. The number of carbonyl (C=O) groups excluding carboxylic acids is 1. The average molecular weight is 208 g/mol. The van der Waals surface area contributed by atoms with Crippen molar-refractivity contribution in [1.29, 1.82) is 0 Å². The number of carbonyl (C=O) groups is 1. The van der Waals surface area contributed by atoms with Crippen LogP contribution in [0.2, 0.25) is 0 Å². The van der Waals surface area contributed by atoms with Crippen LogP contribution in [0.15, 0.2) is 18.2 Å². The van der Waals surface area contributed by atoms with Crippen LogP contribution in [0, 0.1) is 0 Å². The lowest BCUT2D eigenvalue weighted by molar-refractivity contribution is 0.0527. The van der Waals surface area contributed by atoms with E-state index < -0.39 is 0 Å². The van der Waals surface area contributed by atoms with Crippen LogP contribution in [0.1, 0.15) is 17.3 Å². The number of esters is 1. The lowest BCUT2D eigenvalue weighted by Crippen LogP contribution is -2.14. The highest BCUT2D eigenvalue weighted by atomic mass is 16.5. The van der Waals surface area contributed by atoms with Crippen LogP contribution in [0.4, 0.5) is 11.4 Å². The third kappa shape index (κ3) is 2.40. The summed E-state index contributed by atoms with van der Waals surface area (Å²) in [6.07, 6.45) is 0. The quantitative estimate of drug-likeness (QED) is 0.604. The Morgan fingerprint density at radius 3 is 2.67 bits per heavy atom. The fourth-order valence-electron chi connectivity index (χ4n) is 1.33. The van der Waals surface area contributed by atoms with E-state index in [2.05, 4.69) is 0 Å². The van der Waals surface area contributed by atoms with E-state index in [4.69, 9.17) is 10.5 Å². The third-order valence-corrected chi connectivity index (χ3v) is 2.06. The van der Waals surface area contributed by atoms with Crippen LogP contribution in [-0.4, -0.2) is 26.7 Å². The van der Waals surface area contributed by atoms with Gasteiger partial charge in [-0.05, 0) is 19.1 Å². The van der Waals surface area contributed by atoms with Crippen molar-refractivity contribution < 1.29 is 9.53 Å². The van der Waals surface area contributed by atoms with Crippen LogP contribution in [-0.2, 0) is 4.74 Å². The molecule has 0 unspecified atom stereocenters. The SMILES string of the molecule is CCOC(=O)c1cccc(N(C)C)c1N. The number of para-hydroxylation sites is 1. The maximum Gasteiger partial charge on any atom is 0.340 e. The fraction of sp³-hybridized carbons (Fsp3) is 0.364. The van der Waals surface area contributed by atoms with Gasteiger partial charge in [0.15, 0.2) is 0 Å². The second kappa shape index (κ2) is 4.68. The van der Waals surface area contributed by atoms with Crippen molar-refractivity contribution in [2.45, 2.75) is 6.92 Å². The molecule has 4 nitrogen and oxygen atoms in total. The fourth-order valence-corrected chi connectivity index (χ4v) is 1.33. The van der Waals surface area contributed by atoms with Gasteiger partial charge in [-0.1, -0.05) is 6.07 Å². The lowest BCUT2D eigenvalue weighted by atomic mass is 10.1. The minimum atomic E-state index is -0.376. The van der Waals surface area contributed by atoms with Crippen LogP contribution in [0.25, 0.3) is 0 Å². The second-order valence-electron chi connectivity index (χ2n) is 3.35. The van der Waals surface area contributed by atoms with E-state index in [1.165, 1.54) is 0 Å². The first-order valence-corrected chi connectivity index (χ1v) is 4.80. The summed E-state index contributed by atoms with van der Waals surface area (Å²) in [6.45, 7) is 2.12. The van der Waals surface area contributed by atoms with E-state index in [1.54, 1.807) is 19.1 Å². The maximum absolute atomic E-state index is 11.5. The standard InChI is InChI=1S/C11H16N2O2/c1-4-15-11(14)8-6-5-7-9(10(8)12)13(2)3/h5-7H,4,12H2,1-3H3. The van der Waals surface area contributed by atoms with Gasteiger partial charge in [0.25, 0.3) is 0 Å². The van der Waals surface area contributed by atoms with Crippen molar-refractivity contribution in [3.63, 3.8) is 0 Å². The zero-order chi connectivity index (χ0) is 11.4. The van der Waals surface area contributed by atoms with Gasteiger partial charge in [-0.2, -0.15) is 0 Å². The van der Waals surface area contributed by atoms with Gasteiger partial charge in [-0.25, -0.2) is 4.79 Å². The molecule has 0 saturated heterocycles. The predicted octanol–water partition coefficient (Wildman–Crippen LogP) is 1.51. The molecule has 15 heavy (non-hydrogen) atoms. The van der Waals surface area contributed by atoms with Gasteiger partial charge in [0.1, 0.15) is 0 Å². The number of hydrogen-bond acceptors (Lipinski definition) is 4. The molecule has 0 aliphatic heterocycles. The van der Waals surface area contributed by atoms with Crippen LogP contribution in [0.5, 0.6) is 0 Å². The van der Waals surface area contributed by atoms with E-state index in [0.29, 0.717) is 17.9 Å². The Morgan fingerprint density at radius 1 is 1.47 bits per heavy atom. The normalized spacial score (nSPS) is 9.80. The monoisotopic (exact) mass is 208 g/mol. The van der Waals surface area contributed by atoms with E-state index in [-0.39, 0.29) is 5.97 Å². The molecule has 0 aromatic heterocycles. The summed E-state index contributed by atoms with van der Waals surface area (Å²) in [5.74, 6) is -0.376. The van der Waals surface area contributed by atoms with E-state index in [9.17, 15) is 4.79 Å². The minimum absolute atomic E-state index is 0.352. The molecule has 1 aromatic rings. The van der Waals surface area contributed by atoms with Crippen molar-refractivity contribution in [2.24, 2.45) is 0 Å². The van der Waals surface area contributed by atoms with E-state index >= 15 is 0 Å². The van der Waals surface area contributed by atoms with Crippen LogP contribution in [0.3, 0.4) is 0 Å². The van der Waals surface area contributed by atoms with Gasteiger partial charge in [0, 0.05) is 14.1 Å². The molecule has 0 aliphatic carbocycles. The zero-order valence-corrected chi connectivity index (χ0v) is 9.28. The number of anilines is 2. The highest BCUT2D eigenvalue weighted by Gasteiger charge is 2.13. The van der Waals surface area contributed by atoms with Gasteiger partial charge in [-0.15, -0.1) is 0 Å². The topological polar surface area (TPSA) is 55.6 Å². The van der Waals surface area contributed by atoms with Crippen molar-refractivity contribution in [3.05, 3.63) is 23.8 Å². The number of nitrogen functional groups attached to an aromatic ring is 1. The maximum atomic E-state index is 11.5. The molecule has 1 aromatic carbocycles. The number of nitrogens with zero attached hydrogens (tertiary/aromatic N) is 1. The van der Waals surface area contributed by atoms with Gasteiger partial charge < -0.3 is 15.4 Å². The molecule has 0 saturated carbocycles. The lowest BCUT2D eigenvalue weighted by Gasteiger charge is -2.16. The summed E-state index contributed by atoms with van der Waals surface area (Å²) in [5, 5.41) is 0. The van der Waals surface area contributed by atoms with Gasteiger partial charge >= 0.3 is 5.97 Å². The second-order valence-corrected chi connectivity index (χ2v) is 3.35. The largest absolute Gasteiger partial charge is 0.462 e.